The number of rotatable bonds is 7. The predicted octanol–water partition coefficient (Wildman–Crippen LogP) is -0.958. The molecule has 0 fully saturated rings. The highest BCUT2D eigenvalue weighted by molar-refractivity contribution is 5.87. The molecule has 4 nitrogen and oxygen atoms in total. The second-order valence-electron chi connectivity index (χ2n) is 4.36. The molecule has 1 N–H and O–H groups in total. The molecule has 0 rings (SSSR count). The summed E-state index contributed by atoms with van der Waals surface area (Å²) in [5, 5.41) is 10.6. The van der Waals surface area contributed by atoms with Gasteiger partial charge < -0.3 is 22.3 Å². The Balaban J connectivity index is 0. The van der Waals surface area contributed by atoms with Gasteiger partial charge in [-0.2, -0.15) is 0 Å². The van der Waals surface area contributed by atoms with Crippen molar-refractivity contribution < 1.29 is 31.5 Å². The highest BCUT2D eigenvalue weighted by Gasteiger charge is 2.49. The molecule has 0 spiro atoms. The normalized spacial score (nSPS) is 14.3. The number of hydrogen-bond acceptors (Lipinski definition) is 3. The fourth-order valence-corrected chi connectivity index (χ4v) is 2.15. The molecule has 5 heteroatoms. The van der Waals surface area contributed by atoms with Crippen molar-refractivity contribution in [2.45, 2.75) is 47.0 Å². The van der Waals surface area contributed by atoms with E-state index in [1.165, 1.54) is 0 Å². The van der Waals surface area contributed by atoms with Gasteiger partial charge in [-0.3, -0.25) is 4.48 Å². The van der Waals surface area contributed by atoms with Crippen molar-refractivity contribution in [3.63, 3.8) is 0 Å². The maximum atomic E-state index is 11.6. The van der Waals surface area contributed by atoms with E-state index >= 15 is 0 Å². The second kappa shape index (κ2) is 7.77. The lowest BCUT2D eigenvalue weighted by molar-refractivity contribution is -1.02. The van der Waals surface area contributed by atoms with Gasteiger partial charge in [-0.1, -0.05) is 13.5 Å². The highest BCUT2D eigenvalue weighted by Crippen LogP contribution is 2.28. The standard InChI is InChI=1S/C13H26NO3.ClH/c1-7-13(16,17-12(15)11(5)6)14(8-2,9-3)10-4;/h16H,5,7-10H2,1-4,6H3;1H/q+1;/p-1. The molecule has 0 radical (unpaired) electrons. The van der Waals surface area contributed by atoms with Gasteiger partial charge >= 0.3 is 11.9 Å². The predicted molar refractivity (Wildman–Crippen MR) is 68.0 cm³/mol. The molecule has 0 bridgehead atoms. The lowest BCUT2D eigenvalue weighted by atomic mass is 10.2. The summed E-state index contributed by atoms with van der Waals surface area (Å²) < 4.78 is 5.63. The number of hydrogen-bond donors (Lipinski definition) is 1. The van der Waals surface area contributed by atoms with Crippen LogP contribution in [0.15, 0.2) is 12.2 Å². The van der Waals surface area contributed by atoms with Crippen LogP contribution in [0.4, 0.5) is 0 Å². The minimum Gasteiger partial charge on any atom is -1.00 e. The van der Waals surface area contributed by atoms with Crippen LogP contribution in [0, 0.1) is 0 Å². The maximum absolute atomic E-state index is 11.6. The summed E-state index contributed by atoms with van der Waals surface area (Å²) >= 11 is 0. The molecule has 0 aliphatic rings. The number of carbonyl (C=O) groups is 1. The van der Waals surface area contributed by atoms with Gasteiger partial charge in [-0.25, -0.2) is 4.79 Å². The van der Waals surface area contributed by atoms with E-state index in [0.717, 1.165) is 0 Å². The fraction of sp³-hybridized carbons (Fsp3) is 0.769. The number of halogens is 1. The zero-order chi connectivity index (χ0) is 13.7. The molecule has 0 aromatic rings. The average molecular weight is 280 g/mol. The van der Waals surface area contributed by atoms with Crippen LogP contribution >= 0.6 is 0 Å². The molecule has 1 unspecified atom stereocenters. The highest BCUT2D eigenvalue weighted by atomic mass is 35.5. The van der Waals surface area contributed by atoms with Gasteiger partial charge in [0.2, 0.25) is 0 Å². The van der Waals surface area contributed by atoms with Crippen LogP contribution in [-0.4, -0.2) is 41.1 Å². The van der Waals surface area contributed by atoms with Gasteiger partial charge in [0.05, 0.1) is 26.1 Å². The zero-order valence-corrected chi connectivity index (χ0v) is 12.9. The summed E-state index contributed by atoms with van der Waals surface area (Å²) in [6.07, 6.45) is 0.363. The van der Waals surface area contributed by atoms with Crippen molar-refractivity contribution >= 4 is 5.97 Å². The van der Waals surface area contributed by atoms with Crippen molar-refractivity contribution in [3.05, 3.63) is 12.2 Å². The summed E-state index contributed by atoms with van der Waals surface area (Å²) in [6, 6.07) is 0. The molecule has 0 amide bonds. The number of carbonyl (C=O) groups excluding carboxylic acids is 1. The third kappa shape index (κ3) is 3.70. The topological polar surface area (TPSA) is 46.5 Å². The van der Waals surface area contributed by atoms with Crippen LogP contribution in [0.5, 0.6) is 0 Å². The molecule has 18 heavy (non-hydrogen) atoms. The number of aliphatic hydroxyl groups is 1. The molecule has 0 heterocycles. The van der Waals surface area contributed by atoms with Crippen LogP contribution in [0.2, 0.25) is 0 Å². The van der Waals surface area contributed by atoms with Gasteiger partial charge in [0, 0.05) is 5.57 Å². The van der Waals surface area contributed by atoms with Crippen LogP contribution < -0.4 is 12.4 Å². The monoisotopic (exact) mass is 279 g/mol. The van der Waals surface area contributed by atoms with E-state index in [1.807, 2.05) is 27.7 Å². The first kappa shape index (κ1) is 19.8. The summed E-state index contributed by atoms with van der Waals surface area (Å²) in [5.74, 6) is -2.00. The van der Waals surface area contributed by atoms with E-state index in [4.69, 9.17) is 4.74 Å². The summed E-state index contributed by atoms with van der Waals surface area (Å²) in [7, 11) is 0. The minimum atomic E-state index is -1.46. The third-order valence-electron chi connectivity index (χ3n) is 3.62. The van der Waals surface area contributed by atoms with Crippen molar-refractivity contribution in [3.8, 4) is 0 Å². The number of esters is 1. The molecule has 0 aliphatic carbocycles. The van der Waals surface area contributed by atoms with Crippen molar-refractivity contribution in [1.29, 1.82) is 0 Å². The van der Waals surface area contributed by atoms with E-state index < -0.39 is 11.9 Å². The van der Waals surface area contributed by atoms with Gasteiger partial charge in [-0.15, -0.1) is 0 Å². The first-order valence-electron chi connectivity index (χ1n) is 6.29. The number of ether oxygens (including phenoxy) is 1. The second-order valence-corrected chi connectivity index (χ2v) is 4.36. The molecule has 0 saturated carbocycles. The SMILES string of the molecule is C=C(C)C(=O)OC(O)(CC)[N+](CC)(CC)CC.[Cl-]. The molecule has 1 atom stereocenters. The number of nitrogens with zero attached hydrogens (tertiary/aromatic N) is 1. The van der Waals surface area contributed by atoms with Gasteiger partial charge in [0.15, 0.2) is 0 Å². The lowest BCUT2D eigenvalue weighted by Gasteiger charge is -2.46. The van der Waals surface area contributed by atoms with Crippen LogP contribution in [0.1, 0.15) is 41.0 Å². The Bertz CT molecular complexity index is 282. The fourth-order valence-electron chi connectivity index (χ4n) is 2.15. The molecular weight excluding hydrogens is 254 g/mol. The van der Waals surface area contributed by atoms with Crippen LogP contribution in [0.25, 0.3) is 0 Å². The summed E-state index contributed by atoms with van der Waals surface area (Å²) in [5.41, 5.74) is 0.304. The summed E-state index contributed by atoms with van der Waals surface area (Å²) in [6.45, 7) is 15.0. The zero-order valence-electron chi connectivity index (χ0n) is 12.1. The van der Waals surface area contributed by atoms with E-state index in [2.05, 4.69) is 6.58 Å². The van der Waals surface area contributed by atoms with Gasteiger partial charge in [-0.05, 0) is 27.7 Å². The Morgan fingerprint density at radius 3 is 1.83 bits per heavy atom. The maximum Gasteiger partial charge on any atom is 0.360 e. The Hall–Kier alpha value is -0.580. The van der Waals surface area contributed by atoms with E-state index in [1.54, 1.807) is 6.92 Å². The van der Waals surface area contributed by atoms with E-state index in [0.29, 0.717) is 36.1 Å². The van der Waals surface area contributed by atoms with Crippen LogP contribution in [-0.2, 0) is 9.53 Å². The van der Waals surface area contributed by atoms with E-state index in [9.17, 15) is 9.90 Å². The smallest absolute Gasteiger partial charge is 0.360 e. The van der Waals surface area contributed by atoms with Crippen molar-refractivity contribution in [2.75, 3.05) is 19.6 Å². The van der Waals surface area contributed by atoms with Gasteiger partial charge in [0.1, 0.15) is 0 Å². The van der Waals surface area contributed by atoms with Gasteiger partial charge in [0.25, 0.3) is 0 Å². The largest absolute Gasteiger partial charge is 1.00 e. The van der Waals surface area contributed by atoms with Crippen molar-refractivity contribution in [1.82, 2.24) is 0 Å². The molecule has 0 aromatic heterocycles. The molecular formula is C13H26ClNO3. The molecule has 0 saturated heterocycles. The van der Waals surface area contributed by atoms with Crippen molar-refractivity contribution in [2.24, 2.45) is 0 Å². The Morgan fingerprint density at radius 1 is 1.22 bits per heavy atom. The molecule has 108 valence electrons. The minimum absolute atomic E-state index is 0. The van der Waals surface area contributed by atoms with E-state index in [-0.39, 0.29) is 12.4 Å². The third-order valence-corrected chi connectivity index (χ3v) is 3.62. The molecule has 0 aromatic carbocycles. The van der Waals surface area contributed by atoms with Crippen LogP contribution in [0.3, 0.4) is 0 Å². The lowest BCUT2D eigenvalue weighted by Crippen LogP contribution is -3.00. The average Bonchev–Trinajstić information content (AvgIpc) is 2.31. The first-order valence-corrected chi connectivity index (χ1v) is 6.29. The molecule has 0 aliphatic heterocycles. The Kier molecular flexibility index (Phi) is 8.52. The summed E-state index contributed by atoms with van der Waals surface area (Å²) in [4.78, 5) is 11.6. The Labute approximate surface area is 117 Å². The number of quaternary nitrogens is 1. The quantitative estimate of drug-likeness (QED) is 0.283. The Morgan fingerprint density at radius 2 is 1.61 bits per heavy atom. The first-order chi connectivity index (χ1) is 7.82.